The summed E-state index contributed by atoms with van der Waals surface area (Å²) in [5, 5.41) is 0. The molecule has 2 nitrogen and oxygen atoms in total. The van der Waals surface area contributed by atoms with Crippen molar-refractivity contribution in [2.75, 3.05) is 7.11 Å². The Kier molecular flexibility index (Phi) is 4.21. The SMILES string of the molecule is C=Cc1ccc(-c2cccc(OC)c2)cc1OC(F)(F)F. The van der Waals surface area contributed by atoms with E-state index < -0.39 is 6.36 Å². The molecule has 0 unspecified atom stereocenters. The lowest BCUT2D eigenvalue weighted by Crippen LogP contribution is -2.17. The third kappa shape index (κ3) is 3.78. The number of rotatable bonds is 4. The monoisotopic (exact) mass is 294 g/mol. The van der Waals surface area contributed by atoms with E-state index in [-0.39, 0.29) is 11.3 Å². The van der Waals surface area contributed by atoms with Gasteiger partial charge in [0, 0.05) is 5.56 Å². The molecule has 5 heteroatoms. The first kappa shape index (κ1) is 15.0. The van der Waals surface area contributed by atoms with Crippen LogP contribution < -0.4 is 9.47 Å². The highest BCUT2D eigenvalue weighted by Crippen LogP contribution is 2.33. The van der Waals surface area contributed by atoms with Gasteiger partial charge >= 0.3 is 6.36 Å². The summed E-state index contributed by atoms with van der Waals surface area (Å²) in [4.78, 5) is 0. The number of benzene rings is 2. The zero-order valence-electron chi connectivity index (χ0n) is 11.3. The van der Waals surface area contributed by atoms with Gasteiger partial charge in [-0.15, -0.1) is 13.2 Å². The van der Waals surface area contributed by atoms with Gasteiger partial charge in [0.25, 0.3) is 0 Å². The average molecular weight is 294 g/mol. The minimum Gasteiger partial charge on any atom is -0.497 e. The summed E-state index contributed by atoms with van der Waals surface area (Å²) in [5.41, 5.74) is 1.61. The van der Waals surface area contributed by atoms with Gasteiger partial charge in [-0.3, -0.25) is 0 Å². The molecule has 0 N–H and O–H groups in total. The second-order valence-corrected chi connectivity index (χ2v) is 4.24. The number of halogens is 3. The molecular weight excluding hydrogens is 281 g/mol. The van der Waals surface area contributed by atoms with Crippen molar-refractivity contribution in [1.29, 1.82) is 0 Å². The van der Waals surface area contributed by atoms with Gasteiger partial charge in [-0.05, 0) is 29.3 Å². The van der Waals surface area contributed by atoms with E-state index in [1.54, 1.807) is 30.3 Å². The molecule has 0 heterocycles. The molecule has 0 saturated carbocycles. The van der Waals surface area contributed by atoms with Crippen LogP contribution in [0.1, 0.15) is 5.56 Å². The van der Waals surface area contributed by atoms with Crippen LogP contribution in [0.25, 0.3) is 17.2 Å². The second kappa shape index (κ2) is 5.91. The molecule has 0 aromatic heterocycles. The fourth-order valence-electron chi connectivity index (χ4n) is 1.90. The molecular formula is C16H13F3O2. The molecule has 110 valence electrons. The standard InChI is InChI=1S/C16H13F3O2/c1-3-11-7-8-13(10-15(11)21-16(17,18)19)12-5-4-6-14(9-12)20-2/h3-10H,1H2,2H3. The van der Waals surface area contributed by atoms with Gasteiger partial charge in [0.15, 0.2) is 0 Å². The molecule has 0 atom stereocenters. The maximum absolute atomic E-state index is 12.4. The van der Waals surface area contributed by atoms with Gasteiger partial charge < -0.3 is 9.47 Å². The third-order valence-electron chi connectivity index (χ3n) is 2.86. The lowest BCUT2D eigenvalue weighted by atomic mass is 10.0. The Bertz CT molecular complexity index is 648. The van der Waals surface area contributed by atoms with Crippen molar-refractivity contribution in [1.82, 2.24) is 0 Å². The topological polar surface area (TPSA) is 18.5 Å². The van der Waals surface area contributed by atoms with Gasteiger partial charge in [-0.25, -0.2) is 0 Å². The molecule has 2 rings (SSSR count). The van der Waals surface area contributed by atoms with Crippen molar-refractivity contribution in [3.05, 3.63) is 54.6 Å². The summed E-state index contributed by atoms with van der Waals surface area (Å²) in [5.74, 6) is 0.344. The van der Waals surface area contributed by atoms with Crippen LogP contribution in [0.15, 0.2) is 49.0 Å². The molecule has 2 aromatic carbocycles. The highest BCUT2D eigenvalue weighted by molar-refractivity contribution is 5.70. The average Bonchev–Trinajstić information content (AvgIpc) is 2.45. The molecule has 2 aromatic rings. The first-order chi connectivity index (χ1) is 9.93. The van der Waals surface area contributed by atoms with Gasteiger partial charge in [-0.2, -0.15) is 0 Å². The van der Waals surface area contributed by atoms with Crippen molar-refractivity contribution < 1.29 is 22.6 Å². The molecule has 0 aliphatic rings. The molecule has 0 fully saturated rings. The summed E-state index contributed by atoms with van der Waals surface area (Å²) in [7, 11) is 1.53. The number of hydrogen-bond donors (Lipinski definition) is 0. The van der Waals surface area contributed by atoms with Crippen molar-refractivity contribution in [3.8, 4) is 22.6 Å². The lowest BCUT2D eigenvalue weighted by Gasteiger charge is -2.13. The Morgan fingerprint density at radius 2 is 1.76 bits per heavy atom. The van der Waals surface area contributed by atoms with Crippen LogP contribution in [0.4, 0.5) is 13.2 Å². The molecule has 0 radical (unpaired) electrons. The Morgan fingerprint density at radius 3 is 2.38 bits per heavy atom. The van der Waals surface area contributed by atoms with E-state index in [1.807, 2.05) is 0 Å². The number of methoxy groups -OCH3 is 1. The smallest absolute Gasteiger partial charge is 0.497 e. The predicted octanol–water partition coefficient (Wildman–Crippen LogP) is 4.90. The van der Waals surface area contributed by atoms with Crippen molar-refractivity contribution >= 4 is 6.08 Å². The van der Waals surface area contributed by atoms with E-state index in [2.05, 4.69) is 11.3 Å². The molecule has 0 aliphatic carbocycles. The van der Waals surface area contributed by atoms with Crippen LogP contribution in [0, 0.1) is 0 Å². The molecule has 0 bridgehead atoms. The first-order valence-electron chi connectivity index (χ1n) is 6.09. The van der Waals surface area contributed by atoms with Crippen LogP contribution >= 0.6 is 0 Å². The Labute approximate surface area is 120 Å². The Balaban J connectivity index is 2.45. The van der Waals surface area contributed by atoms with Crippen LogP contribution in [-0.4, -0.2) is 13.5 Å². The molecule has 21 heavy (non-hydrogen) atoms. The van der Waals surface area contributed by atoms with E-state index in [0.717, 1.165) is 5.56 Å². The van der Waals surface area contributed by atoms with E-state index in [0.29, 0.717) is 11.3 Å². The summed E-state index contributed by atoms with van der Waals surface area (Å²) in [6.07, 6.45) is -3.43. The van der Waals surface area contributed by atoms with Crippen LogP contribution in [-0.2, 0) is 0 Å². The third-order valence-corrected chi connectivity index (χ3v) is 2.86. The summed E-state index contributed by atoms with van der Waals surface area (Å²) < 4.78 is 46.4. The second-order valence-electron chi connectivity index (χ2n) is 4.24. The highest BCUT2D eigenvalue weighted by atomic mass is 19.4. The van der Waals surface area contributed by atoms with Crippen LogP contribution in [0.3, 0.4) is 0 Å². The van der Waals surface area contributed by atoms with Crippen molar-refractivity contribution in [2.24, 2.45) is 0 Å². The maximum atomic E-state index is 12.4. The van der Waals surface area contributed by atoms with E-state index in [9.17, 15) is 13.2 Å². The quantitative estimate of drug-likeness (QED) is 0.798. The fraction of sp³-hybridized carbons (Fsp3) is 0.125. The summed E-state index contributed by atoms with van der Waals surface area (Å²) in [6.45, 7) is 3.48. The number of hydrogen-bond acceptors (Lipinski definition) is 2. The van der Waals surface area contributed by atoms with Gasteiger partial charge in [0.1, 0.15) is 11.5 Å². The van der Waals surface area contributed by atoms with Crippen molar-refractivity contribution in [3.63, 3.8) is 0 Å². The first-order valence-corrected chi connectivity index (χ1v) is 6.09. The van der Waals surface area contributed by atoms with Crippen LogP contribution in [0.5, 0.6) is 11.5 Å². The Hall–Kier alpha value is -2.43. The van der Waals surface area contributed by atoms with E-state index in [4.69, 9.17) is 4.74 Å². The lowest BCUT2D eigenvalue weighted by molar-refractivity contribution is -0.274. The normalized spacial score (nSPS) is 11.0. The summed E-state index contributed by atoms with van der Waals surface area (Å²) >= 11 is 0. The molecule has 0 saturated heterocycles. The van der Waals surface area contributed by atoms with E-state index in [1.165, 1.54) is 25.3 Å². The molecule has 0 amide bonds. The van der Waals surface area contributed by atoms with Gasteiger partial charge in [0.2, 0.25) is 0 Å². The van der Waals surface area contributed by atoms with Crippen LogP contribution in [0.2, 0.25) is 0 Å². The van der Waals surface area contributed by atoms with Gasteiger partial charge in [0.05, 0.1) is 7.11 Å². The number of alkyl halides is 3. The van der Waals surface area contributed by atoms with Gasteiger partial charge in [-0.1, -0.05) is 36.9 Å². The fourth-order valence-corrected chi connectivity index (χ4v) is 1.90. The largest absolute Gasteiger partial charge is 0.573 e. The van der Waals surface area contributed by atoms with Crippen molar-refractivity contribution in [2.45, 2.75) is 6.36 Å². The maximum Gasteiger partial charge on any atom is 0.573 e. The highest BCUT2D eigenvalue weighted by Gasteiger charge is 2.32. The molecule has 0 aliphatic heterocycles. The Morgan fingerprint density at radius 1 is 1.05 bits per heavy atom. The van der Waals surface area contributed by atoms with E-state index >= 15 is 0 Å². The predicted molar refractivity (Wildman–Crippen MR) is 75.2 cm³/mol. The molecule has 0 spiro atoms. The minimum atomic E-state index is -4.75. The minimum absolute atomic E-state index is 0.277. The zero-order chi connectivity index (χ0) is 15.5. The summed E-state index contributed by atoms with van der Waals surface area (Å²) in [6, 6.07) is 11.6. The number of ether oxygens (including phenoxy) is 2. The zero-order valence-corrected chi connectivity index (χ0v) is 11.3.